The molecule has 0 aliphatic carbocycles. The summed E-state index contributed by atoms with van der Waals surface area (Å²) in [4.78, 5) is 14.9. The maximum atomic E-state index is 4.93. The first-order chi connectivity index (χ1) is 10.3. The molecule has 0 N–H and O–H groups in total. The number of hydrogen-bond acceptors (Lipinski definition) is 5. The Morgan fingerprint density at radius 1 is 0.952 bits per heavy atom. The van der Waals surface area contributed by atoms with Crippen molar-refractivity contribution in [3.8, 4) is 0 Å². The number of hydrogen-bond donors (Lipinski definition) is 0. The van der Waals surface area contributed by atoms with Gasteiger partial charge < -0.3 is 0 Å². The van der Waals surface area contributed by atoms with Crippen LogP contribution >= 0.6 is 0 Å². The van der Waals surface area contributed by atoms with Crippen LogP contribution in [-0.4, -0.2) is 57.9 Å². The molecule has 4 aliphatic rings. The highest BCUT2D eigenvalue weighted by Gasteiger charge is 2.44. The molecule has 0 atom stereocenters. The largest absolute Gasteiger partial charge is 0.264 e. The summed E-state index contributed by atoms with van der Waals surface area (Å²) in [6, 6.07) is 10.8. The fourth-order valence-electron chi connectivity index (χ4n) is 4.11. The molecular weight excluding hydrogens is 262 g/mol. The first-order valence-corrected chi connectivity index (χ1v) is 7.57. The number of fused-ring (bicyclic) bond motifs is 1. The van der Waals surface area contributed by atoms with Crippen LogP contribution in [-0.2, 0) is 0 Å². The molecule has 0 unspecified atom stereocenters. The van der Waals surface area contributed by atoms with Gasteiger partial charge in [-0.1, -0.05) is 24.3 Å². The van der Waals surface area contributed by atoms with Gasteiger partial charge in [0.05, 0.1) is 39.0 Å². The van der Waals surface area contributed by atoms with Crippen molar-refractivity contribution in [2.45, 2.75) is 13.1 Å². The van der Waals surface area contributed by atoms with E-state index >= 15 is 0 Å². The van der Waals surface area contributed by atoms with E-state index in [-0.39, 0.29) is 0 Å². The van der Waals surface area contributed by atoms with Gasteiger partial charge >= 0.3 is 0 Å². The molecule has 0 saturated carbocycles. The van der Waals surface area contributed by atoms with Gasteiger partial charge in [0.2, 0.25) is 0 Å². The fourth-order valence-corrected chi connectivity index (χ4v) is 4.11. The Morgan fingerprint density at radius 3 is 2.33 bits per heavy atom. The van der Waals surface area contributed by atoms with E-state index in [9.17, 15) is 0 Å². The molecule has 5 heteroatoms. The number of rotatable bonds is 1. The zero-order chi connectivity index (χ0) is 14.0. The quantitative estimate of drug-likeness (QED) is 0.790. The Kier molecular flexibility index (Phi) is 2.43. The monoisotopic (exact) mass is 281 g/mol. The molecular formula is C16H19N5. The maximum Gasteiger partial charge on any atom is 0.110 e. The molecule has 4 aliphatic heterocycles. The van der Waals surface area contributed by atoms with Crippen LogP contribution in [0, 0.1) is 6.92 Å². The Hall–Kier alpha value is -1.53. The molecule has 21 heavy (non-hydrogen) atoms. The number of benzene rings is 1. The Balaban J connectivity index is 1.61. The summed E-state index contributed by atoms with van der Waals surface area (Å²) in [5, 5.41) is 2.57. The topological polar surface area (TPSA) is 25.9 Å². The minimum Gasteiger partial charge on any atom is -0.264 e. The minimum atomic E-state index is 0.334. The lowest BCUT2D eigenvalue weighted by atomic mass is 10.1. The molecule has 0 radical (unpaired) electrons. The number of aryl methyl sites for hydroxylation is 1. The van der Waals surface area contributed by atoms with E-state index in [4.69, 9.17) is 4.98 Å². The summed E-state index contributed by atoms with van der Waals surface area (Å²) in [6.45, 7) is 7.48. The first kappa shape index (κ1) is 12.1. The van der Waals surface area contributed by atoms with Gasteiger partial charge in [0.25, 0.3) is 0 Å². The second kappa shape index (κ2) is 4.24. The van der Waals surface area contributed by atoms with Crippen LogP contribution in [0.1, 0.15) is 17.6 Å². The Morgan fingerprint density at radius 2 is 1.62 bits per heavy atom. The summed E-state index contributed by atoms with van der Waals surface area (Å²) in [6.07, 6.45) is 0.334. The number of pyridine rings is 1. The van der Waals surface area contributed by atoms with Gasteiger partial charge in [-0.15, -0.1) is 0 Å². The molecule has 0 spiro atoms. The predicted octanol–water partition coefficient (Wildman–Crippen LogP) is 1.58. The van der Waals surface area contributed by atoms with Gasteiger partial charge in [-0.05, 0) is 18.4 Å². The van der Waals surface area contributed by atoms with Crippen LogP contribution in [0.25, 0.3) is 10.8 Å². The average molecular weight is 281 g/mol. The van der Waals surface area contributed by atoms with E-state index in [0.717, 1.165) is 39.0 Å². The van der Waals surface area contributed by atoms with Crippen LogP contribution < -0.4 is 0 Å². The average Bonchev–Trinajstić information content (AvgIpc) is 2.46. The molecule has 1 aromatic carbocycles. The van der Waals surface area contributed by atoms with Gasteiger partial charge in [0.15, 0.2) is 0 Å². The van der Waals surface area contributed by atoms with Crippen molar-refractivity contribution in [3.05, 3.63) is 41.7 Å². The van der Waals surface area contributed by atoms with E-state index in [1.54, 1.807) is 0 Å². The summed E-state index contributed by atoms with van der Waals surface area (Å²) in [5.41, 5.74) is 2.34. The summed E-state index contributed by atoms with van der Waals surface area (Å²) >= 11 is 0. The van der Waals surface area contributed by atoms with Gasteiger partial charge in [-0.3, -0.25) is 24.6 Å². The molecule has 5 nitrogen and oxygen atoms in total. The van der Waals surface area contributed by atoms with Crippen molar-refractivity contribution in [1.29, 1.82) is 0 Å². The fraction of sp³-hybridized carbons (Fsp3) is 0.438. The van der Waals surface area contributed by atoms with Crippen LogP contribution in [0.3, 0.4) is 0 Å². The van der Waals surface area contributed by atoms with Crippen molar-refractivity contribution in [2.24, 2.45) is 0 Å². The molecule has 108 valence electrons. The van der Waals surface area contributed by atoms with Crippen LogP contribution in [0.15, 0.2) is 30.3 Å². The van der Waals surface area contributed by atoms with E-state index < -0.39 is 0 Å². The highest BCUT2D eigenvalue weighted by molar-refractivity contribution is 5.84. The molecule has 2 aromatic rings. The third-order valence-electron chi connectivity index (χ3n) is 4.83. The van der Waals surface area contributed by atoms with E-state index in [1.165, 1.54) is 16.5 Å². The minimum absolute atomic E-state index is 0.334. The summed E-state index contributed by atoms with van der Waals surface area (Å²) < 4.78 is 0. The standard InChI is InChI=1S/C16H19N5/c1-12-14-5-3-2-4-13(14)6-15(17-12)16-20-8-18-7-19(10-20)11-21(16)9-18/h2-6,16H,7-11H2,1H3. The van der Waals surface area contributed by atoms with Gasteiger partial charge in [0.1, 0.15) is 6.17 Å². The zero-order valence-electron chi connectivity index (χ0n) is 12.2. The van der Waals surface area contributed by atoms with Crippen molar-refractivity contribution < 1.29 is 0 Å². The molecule has 4 fully saturated rings. The molecule has 1 aromatic heterocycles. The highest BCUT2D eigenvalue weighted by atomic mass is 15.7. The molecule has 5 heterocycles. The lowest BCUT2D eigenvalue weighted by Gasteiger charge is -2.60. The van der Waals surface area contributed by atoms with Gasteiger partial charge in [0, 0.05) is 11.1 Å². The normalized spacial score (nSPS) is 37.3. The third kappa shape index (κ3) is 1.75. The van der Waals surface area contributed by atoms with E-state index in [0.29, 0.717) is 6.17 Å². The molecule has 4 saturated heterocycles. The lowest BCUT2D eigenvalue weighted by Crippen LogP contribution is -2.72. The molecule has 4 bridgehead atoms. The Bertz CT molecular complexity index is 685. The summed E-state index contributed by atoms with van der Waals surface area (Å²) in [5.74, 6) is 0. The molecule has 0 amide bonds. The van der Waals surface area contributed by atoms with Crippen molar-refractivity contribution >= 4 is 10.8 Å². The smallest absolute Gasteiger partial charge is 0.110 e. The second-order valence-electron chi connectivity index (χ2n) is 6.45. The van der Waals surface area contributed by atoms with Crippen molar-refractivity contribution in [3.63, 3.8) is 0 Å². The second-order valence-corrected chi connectivity index (χ2v) is 6.45. The van der Waals surface area contributed by atoms with E-state index in [2.05, 4.69) is 56.9 Å². The SMILES string of the molecule is Cc1nc(C2N3CN4CN(C3)CN2C4)cc2ccccc12. The van der Waals surface area contributed by atoms with Gasteiger partial charge in [-0.25, -0.2) is 0 Å². The number of aromatic nitrogens is 1. The number of nitrogens with zero attached hydrogens (tertiary/aromatic N) is 5. The lowest BCUT2D eigenvalue weighted by molar-refractivity contribution is -0.234. The van der Waals surface area contributed by atoms with Crippen LogP contribution in [0.4, 0.5) is 0 Å². The first-order valence-electron chi connectivity index (χ1n) is 7.57. The van der Waals surface area contributed by atoms with Crippen molar-refractivity contribution in [1.82, 2.24) is 24.6 Å². The van der Waals surface area contributed by atoms with Crippen LogP contribution in [0.2, 0.25) is 0 Å². The Labute approximate surface area is 124 Å². The van der Waals surface area contributed by atoms with Crippen molar-refractivity contribution in [2.75, 3.05) is 33.3 Å². The maximum absolute atomic E-state index is 4.93. The highest BCUT2D eigenvalue weighted by Crippen LogP contribution is 2.36. The summed E-state index contributed by atoms with van der Waals surface area (Å²) in [7, 11) is 0. The third-order valence-corrected chi connectivity index (χ3v) is 4.83. The van der Waals surface area contributed by atoms with Crippen LogP contribution in [0.5, 0.6) is 0 Å². The predicted molar refractivity (Wildman–Crippen MR) is 80.9 cm³/mol. The van der Waals surface area contributed by atoms with Gasteiger partial charge in [-0.2, -0.15) is 0 Å². The molecule has 6 rings (SSSR count). The zero-order valence-corrected chi connectivity index (χ0v) is 12.2. The van der Waals surface area contributed by atoms with E-state index in [1.807, 2.05) is 0 Å².